The molecule has 2 atom stereocenters. The molecule has 2 unspecified atom stereocenters. The van der Waals surface area contributed by atoms with E-state index in [-0.39, 0.29) is 12.2 Å². The fourth-order valence-electron chi connectivity index (χ4n) is 2.73. The molecule has 106 valence electrons. The first-order valence-corrected chi connectivity index (χ1v) is 6.96. The van der Waals surface area contributed by atoms with Crippen LogP contribution in [-0.4, -0.2) is 29.3 Å². The second-order valence-electron chi connectivity index (χ2n) is 5.22. The Labute approximate surface area is 118 Å². The van der Waals surface area contributed by atoms with Crippen molar-refractivity contribution < 1.29 is 9.47 Å². The average molecular weight is 273 g/mol. The van der Waals surface area contributed by atoms with E-state index in [0.717, 1.165) is 36.6 Å². The van der Waals surface area contributed by atoms with Crippen LogP contribution in [0.3, 0.4) is 0 Å². The first-order chi connectivity index (χ1) is 9.76. The Hall–Kier alpha value is -1.88. The molecule has 0 amide bonds. The Morgan fingerprint density at radius 3 is 2.90 bits per heavy atom. The van der Waals surface area contributed by atoms with E-state index >= 15 is 0 Å². The van der Waals surface area contributed by atoms with Gasteiger partial charge in [-0.25, -0.2) is 9.97 Å². The first kappa shape index (κ1) is 13.1. The third kappa shape index (κ3) is 2.67. The maximum absolute atomic E-state index is 6.07. The molecule has 1 aliphatic carbocycles. The third-order valence-corrected chi connectivity index (χ3v) is 3.81. The second kappa shape index (κ2) is 5.63. The normalized spacial score (nSPS) is 22.9. The number of ether oxygens (including phenoxy) is 2. The molecule has 0 aliphatic heterocycles. The van der Waals surface area contributed by atoms with Gasteiger partial charge in [0.25, 0.3) is 0 Å². The minimum Gasteiger partial charge on any atom is -0.474 e. The number of nitrogens with two attached hydrogens (primary N) is 1. The third-order valence-electron chi connectivity index (χ3n) is 3.81. The van der Waals surface area contributed by atoms with Crippen molar-refractivity contribution in [2.45, 2.75) is 37.9 Å². The SMILES string of the molecule is COC1CCCC(Oc2ncnc3ccc(N)cc23)C1. The number of aromatic nitrogens is 2. The molecule has 3 rings (SSSR count). The average Bonchev–Trinajstić information content (AvgIpc) is 2.48. The van der Waals surface area contributed by atoms with Crippen LogP contribution in [-0.2, 0) is 4.74 Å². The molecule has 1 aliphatic rings. The van der Waals surface area contributed by atoms with Gasteiger partial charge < -0.3 is 15.2 Å². The van der Waals surface area contributed by atoms with Crippen molar-refractivity contribution in [3.63, 3.8) is 0 Å². The molecule has 0 radical (unpaired) electrons. The number of nitrogens with zero attached hydrogens (tertiary/aromatic N) is 2. The minimum atomic E-state index is 0.147. The summed E-state index contributed by atoms with van der Waals surface area (Å²) in [7, 11) is 1.76. The highest BCUT2D eigenvalue weighted by Crippen LogP contribution is 2.28. The Bertz CT molecular complexity index is 603. The maximum atomic E-state index is 6.07. The molecule has 1 saturated carbocycles. The molecule has 1 heterocycles. The lowest BCUT2D eigenvalue weighted by atomic mass is 9.95. The Balaban J connectivity index is 1.85. The van der Waals surface area contributed by atoms with E-state index in [1.54, 1.807) is 7.11 Å². The summed E-state index contributed by atoms with van der Waals surface area (Å²) in [5, 5.41) is 0.868. The standard InChI is InChI=1S/C15H19N3O2/c1-19-11-3-2-4-12(8-11)20-15-13-7-10(16)5-6-14(13)17-9-18-15/h5-7,9,11-12H,2-4,8,16H2,1H3. The van der Waals surface area contributed by atoms with Crippen molar-refractivity contribution >= 4 is 16.6 Å². The lowest BCUT2D eigenvalue weighted by molar-refractivity contribution is 0.0200. The van der Waals surface area contributed by atoms with Crippen LogP contribution in [0.4, 0.5) is 5.69 Å². The van der Waals surface area contributed by atoms with Crippen LogP contribution in [0.1, 0.15) is 25.7 Å². The molecule has 0 saturated heterocycles. The number of hydrogen-bond donors (Lipinski definition) is 1. The summed E-state index contributed by atoms with van der Waals surface area (Å²) in [5.74, 6) is 0.615. The van der Waals surface area contributed by atoms with Crippen LogP contribution >= 0.6 is 0 Å². The smallest absolute Gasteiger partial charge is 0.224 e. The van der Waals surface area contributed by atoms with Crippen molar-refractivity contribution in [2.75, 3.05) is 12.8 Å². The lowest BCUT2D eigenvalue weighted by Crippen LogP contribution is -2.29. The van der Waals surface area contributed by atoms with Crippen LogP contribution in [0, 0.1) is 0 Å². The summed E-state index contributed by atoms with van der Waals surface area (Å²) in [4.78, 5) is 8.50. The summed E-state index contributed by atoms with van der Waals surface area (Å²) in [5.41, 5.74) is 7.38. The second-order valence-corrected chi connectivity index (χ2v) is 5.22. The van der Waals surface area contributed by atoms with E-state index < -0.39 is 0 Å². The molecule has 0 spiro atoms. The van der Waals surface area contributed by atoms with E-state index in [2.05, 4.69) is 9.97 Å². The number of hydrogen-bond acceptors (Lipinski definition) is 5. The Kier molecular flexibility index (Phi) is 3.69. The zero-order valence-electron chi connectivity index (χ0n) is 11.6. The van der Waals surface area contributed by atoms with Gasteiger partial charge in [0.05, 0.1) is 17.0 Å². The van der Waals surface area contributed by atoms with E-state index in [1.807, 2.05) is 18.2 Å². The number of benzene rings is 1. The van der Waals surface area contributed by atoms with E-state index in [0.29, 0.717) is 11.6 Å². The molecule has 1 aromatic heterocycles. The monoisotopic (exact) mass is 273 g/mol. The van der Waals surface area contributed by atoms with E-state index in [4.69, 9.17) is 15.2 Å². The molecule has 2 N–H and O–H groups in total. The van der Waals surface area contributed by atoms with Crippen molar-refractivity contribution in [1.82, 2.24) is 9.97 Å². The number of fused-ring (bicyclic) bond motifs is 1. The van der Waals surface area contributed by atoms with Crippen LogP contribution in [0.15, 0.2) is 24.5 Å². The predicted molar refractivity (Wildman–Crippen MR) is 77.6 cm³/mol. The largest absolute Gasteiger partial charge is 0.474 e. The molecule has 20 heavy (non-hydrogen) atoms. The molecular formula is C15H19N3O2. The zero-order valence-corrected chi connectivity index (χ0v) is 11.6. The van der Waals surface area contributed by atoms with Gasteiger partial charge in [-0.2, -0.15) is 0 Å². The van der Waals surface area contributed by atoms with Crippen molar-refractivity contribution in [2.24, 2.45) is 0 Å². The lowest BCUT2D eigenvalue weighted by Gasteiger charge is -2.28. The molecule has 5 heteroatoms. The number of nitrogen functional groups attached to an aromatic ring is 1. The molecule has 0 bridgehead atoms. The molecule has 1 aromatic carbocycles. The van der Waals surface area contributed by atoms with Crippen LogP contribution in [0.5, 0.6) is 5.88 Å². The van der Waals surface area contributed by atoms with Crippen LogP contribution in [0.2, 0.25) is 0 Å². The Morgan fingerprint density at radius 1 is 1.20 bits per heavy atom. The van der Waals surface area contributed by atoms with Gasteiger partial charge >= 0.3 is 0 Å². The van der Waals surface area contributed by atoms with Crippen molar-refractivity contribution in [3.05, 3.63) is 24.5 Å². The maximum Gasteiger partial charge on any atom is 0.224 e. The van der Waals surface area contributed by atoms with Crippen molar-refractivity contribution in [1.29, 1.82) is 0 Å². The summed E-state index contributed by atoms with van der Waals surface area (Å²) in [6, 6.07) is 5.58. The summed E-state index contributed by atoms with van der Waals surface area (Å²) >= 11 is 0. The Morgan fingerprint density at radius 2 is 2.05 bits per heavy atom. The summed E-state index contributed by atoms with van der Waals surface area (Å²) in [6.07, 6.45) is 6.13. The van der Waals surface area contributed by atoms with Crippen LogP contribution < -0.4 is 10.5 Å². The quantitative estimate of drug-likeness (QED) is 0.870. The highest BCUT2D eigenvalue weighted by atomic mass is 16.5. The van der Waals surface area contributed by atoms with Gasteiger partial charge in [0.1, 0.15) is 12.4 Å². The van der Waals surface area contributed by atoms with Gasteiger partial charge in [-0.05, 0) is 37.5 Å². The number of anilines is 1. The summed E-state index contributed by atoms with van der Waals surface area (Å²) < 4.78 is 11.5. The van der Waals surface area contributed by atoms with Gasteiger partial charge in [0, 0.05) is 19.2 Å². The van der Waals surface area contributed by atoms with Gasteiger partial charge in [0.2, 0.25) is 5.88 Å². The molecular weight excluding hydrogens is 254 g/mol. The predicted octanol–water partition coefficient (Wildman–Crippen LogP) is 2.55. The van der Waals surface area contributed by atoms with Crippen LogP contribution in [0.25, 0.3) is 10.9 Å². The van der Waals surface area contributed by atoms with E-state index in [1.165, 1.54) is 6.33 Å². The fourth-order valence-corrected chi connectivity index (χ4v) is 2.73. The van der Waals surface area contributed by atoms with Gasteiger partial charge in [-0.1, -0.05) is 0 Å². The highest BCUT2D eigenvalue weighted by Gasteiger charge is 2.24. The first-order valence-electron chi connectivity index (χ1n) is 6.96. The topological polar surface area (TPSA) is 70.3 Å². The highest BCUT2D eigenvalue weighted by molar-refractivity contribution is 5.86. The number of rotatable bonds is 3. The molecule has 1 fully saturated rings. The number of methoxy groups -OCH3 is 1. The molecule has 5 nitrogen and oxygen atoms in total. The summed E-state index contributed by atoms with van der Waals surface area (Å²) in [6.45, 7) is 0. The van der Waals surface area contributed by atoms with Crippen molar-refractivity contribution in [3.8, 4) is 5.88 Å². The van der Waals surface area contributed by atoms with Gasteiger partial charge in [-0.3, -0.25) is 0 Å². The van der Waals surface area contributed by atoms with E-state index in [9.17, 15) is 0 Å². The molecule has 2 aromatic rings. The zero-order chi connectivity index (χ0) is 13.9. The fraction of sp³-hybridized carbons (Fsp3) is 0.467. The van der Waals surface area contributed by atoms with Gasteiger partial charge in [0.15, 0.2) is 0 Å². The minimum absolute atomic E-state index is 0.147. The van der Waals surface area contributed by atoms with Gasteiger partial charge in [-0.15, -0.1) is 0 Å².